The zero-order chi connectivity index (χ0) is 13.6. The van der Waals surface area contributed by atoms with E-state index in [9.17, 15) is 5.11 Å². The van der Waals surface area contributed by atoms with Gasteiger partial charge in [-0.15, -0.1) is 0 Å². The standard InChI is InChI=1S/C15H32N2O/c1-5-15(3,13(2)16-4)17(11-12-18)14-9-7-6-8-10-14/h13-14,16,18H,5-12H2,1-4H3. The van der Waals surface area contributed by atoms with Crippen LogP contribution in [0, 0.1) is 0 Å². The van der Waals surface area contributed by atoms with Crippen molar-refractivity contribution in [2.24, 2.45) is 0 Å². The Morgan fingerprint density at radius 3 is 2.39 bits per heavy atom. The number of nitrogens with one attached hydrogen (secondary N) is 1. The summed E-state index contributed by atoms with van der Waals surface area (Å²) >= 11 is 0. The molecule has 0 amide bonds. The fraction of sp³-hybridized carbons (Fsp3) is 1.00. The van der Waals surface area contributed by atoms with E-state index in [1.807, 2.05) is 7.05 Å². The number of β-amino-alcohol motifs (C(OH)–C–C–N with tert-alkyl or cyclic N) is 1. The summed E-state index contributed by atoms with van der Waals surface area (Å²) in [5.41, 5.74) is 0.138. The Morgan fingerprint density at radius 1 is 1.33 bits per heavy atom. The van der Waals surface area contributed by atoms with Gasteiger partial charge in [0.15, 0.2) is 0 Å². The first-order valence-corrected chi connectivity index (χ1v) is 7.65. The van der Waals surface area contributed by atoms with Crippen LogP contribution in [0.5, 0.6) is 0 Å². The molecule has 0 spiro atoms. The van der Waals surface area contributed by atoms with Gasteiger partial charge in [-0.25, -0.2) is 0 Å². The molecule has 18 heavy (non-hydrogen) atoms. The van der Waals surface area contributed by atoms with Crippen LogP contribution in [-0.2, 0) is 0 Å². The lowest BCUT2D eigenvalue weighted by Gasteiger charge is -2.50. The largest absolute Gasteiger partial charge is 0.395 e. The molecule has 108 valence electrons. The van der Waals surface area contributed by atoms with Gasteiger partial charge in [0, 0.05) is 24.2 Å². The highest BCUT2D eigenvalue weighted by Gasteiger charge is 2.38. The van der Waals surface area contributed by atoms with E-state index < -0.39 is 0 Å². The summed E-state index contributed by atoms with van der Waals surface area (Å²) in [6.07, 6.45) is 7.79. The normalized spacial score (nSPS) is 23.0. The Bertz CT molecular complexity index is 229. The summed E-state index contributed by atoms with van der Waals surface area (Å²) in [5.74, 6) is 0. The highest BCUT2D eigenvalue weighted by atomic mass is 16.3. The SMILES string of the molecule is CCC(C)(C(C)NC)N(CCO)C1CCCCC1. The van der Waals surface area contributed by atoms with Gasteiger partial charge >= 0.3 is 0 Å². The van der Waals surface area contributed by atoms with E-state index >= 15 is 0 Å². The molecule has 0 radical (unpaired) electrons. The predicted molar refractivity (Wildman–Crippen MR) is 77.9 cm³/mol. The van der Waals surface area contributed by atoms with Crippen molar-refractivity contribution in [2.75, 3.05) is 20.2 Å². The van der Waals surface area contributed by atoms with Gasteiger partial charge in [0.05, 0.1) is 6.61 Å². The first-order valence-electron chi connectivity index (χ1n) is 7.65. The summed E-state index contributed by atoms with van der Waals surface area (Å²) in [4.78, 5) is 2.58. The molecule has 1 fully saturated rings. The highest BCUT2D eigenvalue weighted by molar-refractivity contribution is 4.96. The van der Waals surface area contributed by atoms with Crippen molar-refractivity contribution < 1.29 is 5.11 Å². The van der Waals surface area contributed by atoms with Crippen LogP contribution in [0.3, 0.4) is 0 Å². The molecule has 0 aromatic heterocycles. The average Bonchev–Trinajstić information content (AvgIpc) is 2.44. The molecule has 2 atom stereocenters. The molecule has 2 N–H and O–H groups in total. The second kappa shape index (κ2) is 7.46. The smallest absolute Gasteiger partial charge is 0.0558 e. The third-order valence-electron chi connectivity index (χ3n) is 5.09. The molecule has 1 rings (SSSR count). The number of hydrogen-bond acceptors (Lipinski definition) is 3. The molecule has 1 saturated carbocycles. The summed E-state index contributed by atoms with van der Waals surface area (Å²) in [5, 5.41) is 12.8. The summed E-state index contributed by atoms with van der Waals surface area (Å²) < 4.78 is 0. The van der Waals surface area contributed by atoms with E-state index in [1.165, 1.54) is 32.1 Å². The number of likely N-dealkylation sites (N-methyl/N-ethyl adjacent to an activating group) is 1. The molecule has 0 aromatic carbocycles. The van der Waals surface area contributed by atoms with Crippen LogP contribution in [-0.4, -0.2) is 47.8 Å². The quantitative estimate of drug-likeness (QED) is 0.734. The van der Waals surface area contributed by atoms with Crippen molar-refractivity contribution in [3.8, 4) is 0 Å². The third-order valence-corrected chi connectivity index (χ3v) is 5.09. The zero-order valence-corrected chi connectivity index (χ0v) is 12.7. The highest BCUT2D eigenvalue weighted by Crippen LogP contribution is 2.32. The predicted octanol–water partition coefficient (Wildman–Crippen LogP) is 2.39. The Labute approximate surface area is 113 Å². The number of nitrogens with zero attached hydrogens (tertiary/aromatic N) is 1. The second-order valence-electron chi connectivity index (χ2n) is 5.93. The molecule has 1 aliphatic rings. The Kier molecular flexibility index (Phi) is 6.61. The lowest BCUT2D eigenvalue weighted by molar-refractivity contribution is 0.000718. The summed E-state index contributed by atoms with van der Waals surface area (Å²) in [6, 6.07) is 1.10. The zero-order valence-electron chi connectivity index (χ0n) is 12.7. The summed E-state index contributed by atoms with van der Waals surface area (Å²) in [7, 11) is 2.04. The molecule has 2 unspecified atom stereocenters. The molecular weight excluding hydrogens is 224 g/mol. The first-order chi connectivity index (χ1) is 8.60. The van der Waals surface area contributed by atoms with Gasteiger partial charge in [0.25, 0.3) is 0 Å². The number of aliphatic hydroxyl groups is 1. The van der Waals surface area contributed by atoms with Gasteiger partial charge in [-0.3, -0.25) is 4.90 Å². The van der Waals surface area contributed by atoms with Gasteiger partial charge in [0.2, 0.25) is 0 Å². The van der Waals surface area contributed by atoms with Crippen LogP contribution in [0.4, 0.5) is 0 Å². The minimum Gasteiger partial charge on any atom is -0.395 e. The van der Waals surface area contributed by atoms with Crippen molar-refractivity contribution in [1.29, 1.82) is 0 Å². The molecule has 1 aliphatic carbocycles. The third kappa shape index (κ3) is 3.46. The molecule has 3 nitrogen and oxygen atoms in total. The van der Waals surface area contributed by atoms with Crippen molar-refractivity contribution in [3.05, 3.63) is 0 Å². The minimum absolute atomic E-state index is 0.138. The molecular formula is C15H32N2O. The Balaban J connectivity index is 2.85. The van der Waals surface area contributed by atoms with Crippen LogP contribution >= 0.6 is 0 Å². The number of aliphatic hydroxyl groups excluding tert-OH is 1. The lowest BCUT2D eigenvalue weighted by atomic mass is 9.83. The minimum atomic E-state index is 0.138. The maximum atomic E-state index is 9.42. The van der Waals surface area contributed by atoms with Crippen LogP contribution in [0.15, 0.2) is 0 Å². The van der Waals surface area contributed by atoms with E-state index in [0.29, 0.717) is 12.1 Å². The van der Waals surface area contributed by atoms with Crippen LogP contribution in [0.25, 0.3) is 0 Å². The maximum Gasteiger partial charge on any atom is 0.0558 e. The Morgan fingerprint density at radius 2 is 1.94 bits per heavy atom. The van der Waals surface area contributed by atoms with Gasteiger partial charge in [-0.05, 0) is 40.2 Å². The van der Waals surface area contributed by atoms with Gasteiger partial charge in [-0.1, -0.05) is 26.2 Å². The fourth-order valence-electron chi connectivity index (χ4n) is 3.42. The van der Waals surface area contributed by atoms with Gasteiger partial charge in [0.1, 0.15) is 0 Å². The molecule has 0 saturated heterocycles. The summed E-state index contributed by atoms with van der Waals surface area (Å²) in [6.45, 7) is 7.94. The maximum absolute atomic E-state index is 9.42. The number of rotatable bonds is 7. The van der Waals surface area contributed by atoms with E-state index in [2.05, 4.69) is 31.0 Å². The van der Waals surface area contributed by atoms with E-state index in [1.54, 1.807) is 0 Å². The van der Waals surface area contributed by atoms with Crippen molar-refractivity contribution in [2.45, 2.75) is 76.9 Å². The van der Waals surface area contributed by atoms with Crippen molar-refractivity contribution in [1.82, 2.24) is 10.2 Å². The van der Waals surface area contributed by atoms with Gasteiger partial charge in [-0.2, -0.15) is 0 Å². The molecule has 0 bridgehead atoms. The fourth-order valence-corrected chi connectivity index (χ4v) is 3.42. The van der Waals surface area contributed by atoms with E-state index in [-0.39, 0.29) is 12.1 Å². The number of hydrogen-bond donors (Lipinski definition) is 2. The molecule has 0 aliphatic heterocycles. The van der Waals surface area contributed by atoms with Crippen LogP contribution in [0.1, 0.15) is 59.3 Å². The Hall–Kier alpha value is -0.120. The molecule has 3 heteroatoms. The van der Waals surface area contributed by atoms with Crippen LogP contribution in [0.2, 0.25) is 0 Å². The topological polar surface area (TPSA) is 35.5 Å². The average molecular weight is 256 g/mol. The van der Waals surface area contributed by atoms with Gasteiger partial charge < -0.3 is 10.4 Å². The lowest BCUT2D eigenvalue weighted by Crippen LogP contribution is -2.61. The molecule has 0 aromatic rings. The monoisotopic (exact) mass is 256 g/mol. The van der Waals surface area contributed by atoms with Crippen LogP contribution < -0.4 is 5.32 Å². The van der Waals surface area contributed by atoms with Crippen molar-refractivity contribution in [3.63, 3.8) is 0 Å². The van der Waals surface area contributed by atoms with E-state index in [4.69, 9.17) is 0 Å². The second-order valence-corrected chi connectivity index (χ2v) is 5.93. The molecule has 0 heterocycles. The van der Waals surface area contributed by atoms with Crippen molar-refractivity contribution >= 4 is 0 Å². The first kappa shape index (κ1) is 15.9. The van der Waals surface area contributed by atoms with E-state index in [0.717, 1.165) is 13.0 Å².